The highest BCUT2D eigenvalue weighted by Gasteiger charge is 2.23. The predicted octanol–water partition coefficient (Wildman–Crippen LogP) is 3.11. The number of ether oxygens (including phenoxy) is 2. The van der Waals surface area contributed by atoms with Crippen molar-refractivity contribution in [1.82, 2.24) is 5.32 Å². The van der Waals surface area contributed by atoms with E-state index in [1.54, 1.807) is 27.7 Å². The first kappa shape index (κ1) is 19.4. The Morgan fingerprint density at radius 1 is 1.25 bits per heavy atom. The molecule has 1 atom stereocenters. The highest BCUT2D eigenvalue weighted by molar-refractivity contribution is 5.73. The molecule has 0 radical (unpaired) electrons. The van der Waals surface area contributed by atoms with Crippen LogP contribution in [0, 0.1) is 10.1 Å². The lowest BCUT2D eigenvalue weighted by Gasteiger charge is -2.23. The van der Waals surface area contributed by atoms with Gasteiger partial charge in [-0.1, -0.05) is 12.1 Å². The first-order valence-electron chi connectivity index (χ1n) is 7.52. The van der Waals surface area contributed by atoms with Gasteiger partial charge < -0.3 is 14.8 Å². The van der Waals surface area contributed by atoms with E-state index in [-0.39, 0.29) is 18.7 Å². The monoisotopic (exact) mass is 338 g/mol. The van der Waals surface area contributed by atoms with Gasteiger partial charge in [0.1, 0.15) is 5.60 Å². The predicted molar refractivity (Wildman–Crippen MR) is 86.5 cm³/mol. The molecule has 0 saturated heterocycles. The van der Waals surface area contributed by atoms with Gasteiger partial charge >= 0.3 is 12.1 Å². The summed E-state index contributed by atoms with van der Waals surface area (Å²) in [6.45, 7) is 7.06. The van der Waals surface area contributed by atoms with Crippen molar-refractivity contribution in [2.24, 2.45) is 0 Å². The van der Waals surface area contributed by atoms with Crippen LogP contribution in [0.4, 0.5) is 10.5 Å². The molecule has 1 rings (SSSR count). The summed E-state index contributed by atoms with van der Waals surface area (Å²) in [7, 11) is 0. The number of nitrogens with one attached hydrogen (secondary N) is 1. The summed E-state index contributed by atoms with van der Waals surface area (Å²) in [6.07, 6.45) is -0.791. The van der Waals surface area contributed by atoms with Crippen LogP contribution in [0.15, 0.2) is 24.3 Å². The number of rotatable bonds is 6. The van der Waals surface area contributed by atoms with Gasteiger partial charge in [0.15, 0.2) is 0 Å². The largest absolute Gasteiger partial charge is 0.466 e. The standard InChI is InChI=1S/C16H22N2O6/c1-5-23-14(19)10-13(17-15(20)24-16(2,3)4)11-6-8-12(9-7-11)18(21)22/h6-9,13H,5,10H2,1-4H3,(H,17,20). The third kappa shape index (κ3) is 6.64. The maximum Gasteiger partial charge on any atom is 0.408 e. The van der Waals surface area contributed by atoms with Crippen molar-refractivity contribution in [3.05, 3.63) is 39.9 Å². The Labute approximate surface area is 140 Å². The van der Waals surface area contributed by atoms with Gasteiger partial charge in [0.25, 0.3) is 5.69 Å². The number of alkyl carbamates (subject to hydrolysis) is 1. The van der Waals surface area contributed by atoms with E-state index in [1.165, 1.54) is 24.3 Å². The van der Waals surface area contributed by atoms with Crippen molar-refractivity contribution < 1.29 is 24.0 Å². The van der Waals surface area contributed by atoms with Gasteiger partial charge in [-0.05, 0) is 33.3 Å². The Balaban J connectivity index is 2.93. The topological polar surface area (TPSA) is 108 Å². The molecule has 0 spiro atoms. The molecule has 132 valence electrons. The van der Waals surface area contributed by atoms with Crippen LogP contribution < -0.4 is 5.32 Å². The number of carbonyl (C=O) groups excluding carboxylic acids is 2. The smallest absolute Gasteiger partial charge is 0.408 e. The molecule has 1 amide bonds. The van der Waals surface area contributed by atoms with Crippen molar-refractivity contribution in [2.45, 2.75) is 45.8 Å². The molecule has 1 N–H and O–H groups in total. The lowest BCUT2D eigenvalue weighted by molar-refractivity contribution is -0.384. The number of esters is 1. The van der Waals surface area contributed by atoms with Crippen LogP contribution in [0.25, 0.3) is 0 Å². The van der Waals surface area contributed by atoms with E-state index in [9.17, 15) is 19.7 Å². The average molecular weight is 338 g/mol. The molecule has 8 heteroatoms. The molecule has 8 nitrogen and oxygen atoms in total. The lowest BCUT2D eigenvalue weighted by atomic mass is 10.0. The Bertz CT molecular complexity index is 592. The number of carbonyl (C=O) groups is 2. The summed E-state index contributed by atoms with van der Waals surface area (Å²) in [5.74, 6) is -0.489. The second-order valence-corrected chi connectivity index (χ2v) is 6.06. The van der Waals surface area contributed by atoms with Gasteiger partial charge in [0.05, 0.1) is 24.0 Å². The number of hydrogen-bond donors (Lipinski definition) is 1. The molecule has 0 heterocycles. The molecule has 0 bridgehead atoms. The van der Waals surface area contributed by atoms with Gasteiger partial charge in [-0.15, -0.1) is 0 Å². The lowest BCUT2D eigenvalue weighted by Crippen LogP contribution is -2.36. The van der Waals surface area contributed by atoms with E-state index in [4.69, 9.17) is 9.47 Å². The summed E-state index contributed by atoms with van der Waals surface area (Å²) < 4.78 is 10.1. The molecule has 1 aromatic carbocycles. The second-order valence-electron chi connectivity index (χ2n) is 6.06. The van der Waals surface area contributed by atoms with Crippen LogP contribution in [-0.2, 0) is 14.3 Å². The molecular formula is C16H22N2O6. The van der Waals surface area contributed by atoms with Crippen molar-refractivity contribution in [3.63, 3.8) is 0 Å². The number of nitro benzene ring substituents is 1. The van der Waals surface area contributed by atoms with Gasteiger partial charge in [-0.3, -0.25) is 14.9 Å². The molecule has 0 aromatic heterocycles. The fourth-order valence-electron chi connectivity index (χ4n) is 1.92. The summed E-state index contributed by atoms with van der Waals surface area (Å²) >= 11 is 0. The first-order valence-corrected chi connectivity index (χ1v) is 7.52. The zero-order valence-corrected chi connectivity index (χ0v) is 14.2. The van der Waals surface area contributed by atoms with E-state index < -0.39 is 28.6 Å². The highest BCUT2D eigenvalue weighted by Crippen LogP contribution is 2.21. The Kier molecular flexibility index (Phi) is 6.69. The molecule has 1 aromatic rings. The molecule has 0 aliphatic carbocycles. The van der Waals surface area contributed by atoms with E-state index in [1.807, 2.05) is 0 Å². The fraction of sp³-hybridized carbons (Fsp3) is 0.500. The third-order valence-electron chi connectivity index (χ3n) is 2.87. The van der Waals surface area contributed by atoms with Crippen LogP contribution in [-0.4, -0.2) is 29.2 Å². The minimum atomic E-state index is -0.709. The minimum Gasteiger partial charge on any atom is -0.466 e. The van der Waals surface area contributed by atoms with E-state index in [2.05, 4.69) is 5.32 Å². The van der Waals surface area contributed by atoms with Crippen molar-refractivity contribution in [2.75, 3.05) is 6.61 Å². The molecule has 0 aliphatic rings. The zero-order chi connectivity index (χ0) is 18.3. The number of amides is 1. The Hall–Kier alpha value is -2.64. The molecule has 24 heavy (non-hydrogen) atoms. The van der Waals surface area contributed by atoms with E-state index >= 15 is 0 Å². The van der Waals surface area contributed by atoms with E-state index in [0.29, 0.717) is 5.56 Å². The summed E-state index contributed by atoms with van der Waals surface area (Å²) in [4.78, 5) is 33.9. The molecule has 0 fully saturated rings. The number of nitro groups is 1. The Morgan fingerprint density at radius 3 is 2.29 bits per heavy atom. The quantitative estimate of drug-likeness (QED) is 0.485. The number of nitrogens with zero attached hydrogens (tertiary/aromatic N) is 1. The van der Waals surface area contributed by atoms with Crippen LogP contribution in [0.1, 0.15) is 45.7 Å². The summed E-state index contributed by atoms with van der Waals surface area (Å²) in [5, 5.41) is 13.3. The van der Waals surface area contributed by atoms with Crippen molar-refractivity contribution >= 4 is 17.7 Å². The molecule has 0 aliphatic heterocycles. The van der Waals surface area contributed by atoms with Crippen LogP contribution in [0.3, 0.4) is 0 Å². The SMILES string of the molecule is CCOC(=O)CC(NC(=O)OC(C)(C)C)c1ccc([N+](=O)[O-])cc1. The van der Waals surface area contributed by atoms with Gasteiger partial charge in [0.2, 0.25) is 0 Å². The first-order chi connectivity index (χ1) is 11.1. The normalized spacial score (nSPS) is 12.2. The molecule has 0 saturated carbocycles. The highest BCUT2D eigenvalue weighted by atomic mass is 16.6. The number of non-ortho nitro benzene ring substituents is 1. The van der Waals surface area contributed by atoms with Crippen LogP contribution >= 0.6 is 0 Å². The summed E-state index contributed by atoms with van der Waals surface area (Å²) in [5.41, 5.74) is -0.223. The van der Waals surface area contributed by atoms with Gasteiger partial charge in [-0.25, -0.2) is 4.79 Å². The maximum absolute atomic E-state index is 12.0. The van der Waals surface area contributed by atoms with Gasteiger partial charge in [-0.2, -0.15) is 0 Å². The van der Waals surface area contributed by atoms with Crippen molar-refractivity contribution in [1.29, 1.82) is 0 Å². The maximum atomic E-state index is 12.0. The van der Waals surface area contributed by atoms with E-state index in [0.717, 1.165) is 0 Å². The minimum absolute atomic E-state index is 0.0779. The fourth-order valence-corrected chi connectivity index (χ4v) is 1.92. The zero-order valence-electron chi connectivity index (χ0n) is 14.2. The third-order valence-corrected chi connectivity index (χ3v) is 2.87. The van der Waals surface area contributed by atoms with Crippen LogP contribution in [0.5, 0.6) is 0 Å². The molecular weight excluding hydrogens is 316 g/mol. The molecule has 1 unspecified atom stereocenters. The average Bonchev–Trinajstić information content (AvgIpc) is 2.45. The number of benzene rings is 1. The Morgan fingerprint density at radius 2 is 1.83 bits per heavy atom. The van der Waals surface area contributed by atoms with Crippen LogP contribution in [0.2, 0.25) is 0 Å². The second kappa shape index (κ2) is 8.28. The van der Waals surface area contributed by atoms with Crippen molar-refractivity contribution in [3.8, 4) is 0 Å². The summed E-state index contributed by atoms with van der Waals surface area (Å²) in [6, 6.07) is 4.88. The number of hydrogen-bond acceptors (Lipinski definition) is 6. The van der Waals surface area contributed by atoms with Gasteiger partial charge in [0, 0.05) is 12.1 Å².